The van der Waals surface area contributed by atoms with Gasteiger partial charge in [0.25, 0.3) is 0 Å². The van der Waals surface area contributed by atoms with Crippen molar-refractivity contribution in [2.45, 2.75) is 90.9 Å². The molecule has 1 heteroatoms. The Morgan fingerprint density at radius 3 is 1.56 bits per heavy atom. The van der Waals surface area contributed by atoms with Gasteiger partial charge in [-0.15, -0.1) is 0 Å². The monoisotopic (exact) mass is 427 g/mol. The molecule has 0 radical (unpaired) electrons. The Kier molecular flexibility index (Phi) is 10.5. The summed E-state index contributed by atoms with van der Waals surface area (Å²) in [4.78, 5) is 4.73. The van der Waals surface area contributed by atoms with Crippen molar-refractivity contribution < 1.29 is 0 Å². The highest BCUT2D eigenvalue weighted by molar-refractivity contribution is 5.59. The van der Waals surface area contributed by atoms with E-state index in [1.165, 1.54) is 85.6 Å². The quantitative estimate of drug-likeness (QED) is 0.234. The molecule has 0 atom stereocenters. The number of hydrogen-bond donors (Lipinski definition) is 0. The molecule has 3 rings (SSSR count). The molecule has 32 heavy (non-hydrogen) atoms. The number of rotatable bonds is 14. The van der Waals surface area contributed by atoms with Gasteiger partial charge in [0, 0.05) is 11.8 Å². The van der Waals surface area contributed by atoms with Crippen molar-refractivity contribution in [3.05, 3.63) is 89.1 Å². The maximum atomic E-state index is 4.73. The van der Waals surface area contributed by atoms with Crippen LogP contribution in [0.3, 0.4) is 0 Å². The molecule has 0 amide bonds. The minimum Gasteiger partial charge on any atom is -0.256 e. The zero-order valence-electron chi connectivity index (χ0n) is 20.3. The van der Waals surface area contributed by atoms with Gasteiger partial charge in [0.05, 0.1) is 5.69 Å². The Bertz CT molecular complexity index is 875. The third-order valence-electron chi connectivity index (χ3n) is 6.44. The van der Waals surface area contributed by atoms with Gasteiger partial charge >= 0.3 is 0 Å². The van der Waals surface area contributed by atoms with Gasteiger partial charge in [0.1, 0.15) is 0 Å². The molecule has 1 nitrogen and oxygen atoms in total. The molecule has 0 fully saturated rings. The van der Waals surface area contributed by atoms with Crippen LogP contribution in [0.15, 0.2) is 66.9 Å². The van der Waals surface area contributed by atoms with E-state index in [0.29, 0.717) is 0 Å². The Morgan fingerprint density at radius 2 is 0.969 bits per heavy atom. The van der Waals surface area contributed by atoms with Crippen LogP contribution in [0, 0.1) is 0 Å². The maximum Gasteiger partial charge on any atom is 0.0702 e. The lowest BCUT2D eigenvalue weighted by atomic mass is 10.00. The standard InChI is InChI=1S/C31H41N/c1-3-5-7-8-9-10-12-29-21-24-31(32-25-29)30-22-19-28(20-23-30)18-17-27-15-13-26(14-16-27)11-6-4-2/h13-16,19-25H,3-12,17-18H2,1-2H3. The van der Waals surface area contributed by atoms with Crippen LogP contribution in [0.4, 0.5) is 0 Å². The van der Waals surface area contributed by atoms with Gasteiger partial charge in [-0.2, -0.15) is 0 Å². The van der Waals surface area contributed by atoms with Crippen molar-refractivity contribution in [2.24, 2.45) is 0 Å². The molecule has 170 valence electrons. The summed E-state index contributed by atoms with van der Waals surface area (Å²) in [5.41, 5.74) is 7.93. The molecule has 0 saturated heterocycles. The average Bonchev–Trinajstić information content (AvgIpc) is 2.85. The van der Waals surface area contributed by atoms with Gasteiger partial charge in [-0.1, -0.05) is 107 Å². The Hall–Kier alpha value is -2.41. The molecule has 2 aromatic carbocycles. The predicted octanol–water partition coefficient (Wildman–Crippen LogP) is 8.78. The zero-order valence-corrected chi connectivity index (χ0v) is 20.3. The van der Waals surface area contributed by atoms with E-state index in [4.69, 9.17) is 4.98 Å². The summed E-state index contributed by atoms with van der Waals surface area (Å²) in [6.07, 6.45) is 17.2. The summed E-state index contributed by atoms with van der Waals surface area (Å²) in [5.74, 6) is 0. The summed E-state index contributed by atoms with van der Waals surface area (Å²) in [6.45, 7) is 4.52. The van der Waals surface area contributed by atoms with Crippen LogP contribution in [0.5, 0.6) is 0 Å². The van der Waals surface area contributed by atoms with Gasteiger partial charge in [-0.3, -0.25) is 4.98 Å². The largest absolute Gasteiger partial charge is 0.256 e. The first-order valence-electron chi connectivity index (χ1n) is 12.9. The lowest BCUT2D eigenvalue weighted by Crippen LogP contribution is -1.93. The highest BCUT2D eigenvalue weighted by atomic mass is 14.7. The van der Waals surface area contributed by atoms with Crippen LogP contribution in [0.25, 0.3) is 11.3 Å². The lowest BCUT2D eigenvalue weighted by molar-refractivity contribution is 0.607. The highest BCUT2D eigenvalue weighted by Gasteiger charge is 2.02. The fourth-order valence-electron chi connectivity index (χ4n) is 4.24. The smallest absolute Gasteiger partial charge is 0.0702 e. The molecule has 1 heterocycles. The fraction of sp³-hybridized carbons (Fsp3) is 0.452. The number of nitrogens with zero attached hydrogens (tertiary/aromatic N) is 1. The molecule has 0 saturated carbocycles. The van der Waals surface area contributed by atoms with E-state index >= 15 is 0 Å². The van der Waals surface area contributed by atoms with E-state index in [9.17, 15) is 0 Å². The topological polar surface area (TPSA) is 12.9 Å². The minimum atomic E-state index is 1.07. The van der Waals surface area contributed by atoms with Crippen LogP contribution in [-0.4, -0.2) is 4.98 Å². The molecule has 0 aliphatic rings. The molecular formula is C31H41N. The third-order valence-corrected chi connectivity index (χ3v) is 6.44. The van der Waals surface area contributed by atoms with Gasteiger partial charge in [-0.25, -0.2) is 0 Å². The first-order valence-corrected chi connectivity index (χ1v) is 12.9. The summed E-state index contributed by atoms with van der Waals surface area (Å²) < 4.78 is 0. The number of unbranched alkanes of at least 4 members (excludes halogenated alkanes) is 6. The summed E-state index contributed by atoms with van der Waals surface area (Å²) >= 11 is 0. The van der Waals surface area contributed by atoms with E-state index in [-0.39, 0.29) is 0 Å². The Labute approximate surface area is 196 Å². The normalized spacial score (nSPS) is 11.1. The van der Waals surface area contributed by atoms with E-state index in [0.717, 1.165) is 25.0 Å². The molecular weight excluding hydrogens is 386 g/mol. The number of benzene rings is 2. The summed E-state index contributed by atoms with van der Waals surface area (Å²) in [6, 6.07) is 22.6. The number of aryl methyl sites for hydroxylation is 4. The molecule has 0 aliphatic carbocycles. The van der Waals surface area contributed by atoms with Crippen molar-refractivity contribution in [1.82, 2.24) is 4.98 Å². The number of pyridine rings is 1. The van der Waals surface area contributed by atoms with Crippen LogP contribution in [0.1, 0.15) is 87.5 Å². The summed E-state index contributed by atoms with van der Waals surface area (Å²) in [5, 5.41) is 0. The van der Waals surface area contributed by atoms with Gasteiger partial charge in [-0.05, 0) is 66.8 Å². The third kappa shape index (κ3) is 8.26. The SMILES string of the molecule is CCCCCCCCc1ccc(-c2ccc(CCc3ccc(CCCC)cc3)cc2)nc1. The molecule has 3 aromatic rings. The molecule has 0 unspecified atom stereocenters. The van der Waals surface area contributed by atoms with Crippen LogP contribution in [-0.2, 0) is 25.7 Å². The first-order chi connectivity index (χ1) is 15.8. The van der Waals surface area contributed by atoms with E-state index < -0.39 is 0 Å². The first kappa shape index (κ1) is 24.2. The van der Waals surface area contributed by atoms with Crippen molar-refractivity contribution >= 4 is 0 Å². The molecule has 0 N–H and O–H groups in total. The Balaban J connectivity index is 1.44. The molecule has 0 spiro atoms. The second-order valence-corrected chi connectivity index (χ2v) is 9.19. The van der Waals surface area contributed by atoms with Gasteiger partial charge < -0.3 is 0 Å². The van der Waals surface area contributed by atoms with E-state index in [1.807, 2.05) is 0 Å². The van der Waals surface area contributed by atoms with Crippen molar-refractivity contribution in [3.63, 3.8) is 0 Å². The molecule has 0 aliphatic heterocycles. The van der Waals surface area contributed by atoms with E-state index in [1.54, 1.807) is 0 Å². The number of hydrogen-bond acceptors (Lipinski definition) is 1. The van der Waals surface area contributed by atoms with Crippen LogP contribution < -0.4 is 0 Å². The molecule has 0 bridgehead atoms. The fourth-order valence-corrected chi connectivity index (χ4v) is 4.24. The second kappa shape index (κ2) is 13.9. The Morgan fingerprint density at radius 1 is 0.469 bits per heavy atom. The van der Waals surface area contributed by atoms with E-state index in [2.05, 4.69) is 80.7 Å². The highest BCUT2D eigenvalue weighted by Crippen LogP contribution is 2.20. The van der Waals surface area contributed by atoms with Crippen molar-refractivity contribution in [3.8, 4) is 11.3 Å². The zero-order chi connectivity index (χ0) is 22.4. The van der Waals surface area contributed by atoms with Crippen molar-refractivity contribution in [2.75, 3.05) is 0 Å². The number of aromatic nitrogens is 1. The second-order valence-electron chi connectivity index (χ2n) is 9.19. The lowest BCUT2D eigenvalue weighted by Gasteiger charge is -2.07. The maximum absolute atomic E-state index is 4.73. The van der Waals surface area contributed by atoms with Crippen molar-refractivity contribution in [1.29, 1.82) is 0 Å². The molecule has 1 aromatic heterocycles. The summed E-state index contributed by atoms with van der Waals surface area (Å²) in [7, 11) is 0. The van der Waals surface area contributed by atoms with Crippen LogP contribution >= 0.6 is 0 Å². The van der Waals surface area contributed by atoms with Gasteiger partial charge in [0.15, 0.2) is 0 Å². The van der Waals surface area contributed by atoms with Crippen LogP contribution in [0.2, 0.25) is 0 Å². The minimum absolute atomic E-state index is 1.07. The average molecular weight is 428 g/mol. The van der Waals surface area contributed by atoms with Gasteiger partial charge in [0.2, 0.25) is 0 Å². The predicted molar refractivity (Wildman–Crippen MR) is 139 cm³/mol.